The molecule has 0 saturated carbocycles. The van der Waals surface area contributed by atoms with E-state index in [-0.39, 0.29) is 6.04 Å². The van der Waals surface area contributed by atoms with E-state index in [0.29, 0.717) is 12.5 Å². The molecule has 1 aromatic rings. The SMILES string of the molecule is CCCc1nc(NC)cc(NC(COC)C(C)C)n1. The second kappa shape index (κ2) is 7.94. The Labute approximate surface area is 116 Å². The first kappa shape index (κ1) is 15.7. The van der Waals surface area contributed by atoms with E-state index < -0.39 is 0 Å². The van der Waals surface area contributed by atoms with Crippen molar-refractivity contribution in [1.29, 1.82) is 0 Å². The van der Waals surface area contributed by atoms with E-state index >= 15 is 0 Å². The van der Waals surface area contributed by atoms with Crippen LogP contribution in [0, 0.1) is 5.92 Å². The third-order valence-electron chi connectivity index (χ3n) is 2.99. The normalized spacial score (nSPS) is 12.5. The quantitative estimate of drug-likeness (QED) is 0.757. The number of hydrogen-bond acceptors (Lipinski definition) is 5. The molecule has 1 heterocycles. The van der Waals surface area contributed by atoms with Crippen LogP contribution in [0.15, 0.2) is 6.07 Å². The van der Waals surface area contributed by atoms with Crippen LogP contribution in [-0.2, 0) is 11.2 Å². The van der Waals surface area contributed by atoms with Crippen molar-refractivity contribution in [3.63, 3.8) is 0 Å². The first-order valence-corrected chi connectivity index (χ1v) is 6.91. The van der Waals surface area contributed by atoms with Crippen molar-refractivity contribution in [2.75, 3.05) is 31.4 Å². The second-order valence-corrected chi connectivity index (χ2v) is 5.00. The number of methoxy groups -OCH3 is 1. The molecule has 1 atom stereocenters. The average Bonchev–Trinajstić information content (AvgIpc) is 2.38. The van der Waals surface area contributed by atoms with Crippen LogP contribution in [0.25, 0.3) is 0 Å². The van der Waals surface area contributed by atoms with Crippen LogP contribution < -0.4 is 10.6 Å². The molecule has 0 aromatic carbocycles. The number of aromatic nitrogens is 2. The standard InChI is InChI=1S/C14H26N4O/c1-6-7-12-17-13(15-4)8-14(18-12)16-11(9-19-5)10(2)3/h8,10-11H,6-7,9H2,1-5H3,(H2,15,16,17,18). The summed E-state index contributed by atoms with van der Waals surface area (Å²) < 4.78 is 5.25. The first-order chi connectivity index (χ1) is 9.10. The van der Waals surface area contributed by atoms with Gasteiger partial charge in [0.05, 0.1) is 12.6 Å². The van der Waals surface area contributed by atoms with Gasteiger partial charge >= 0.3 is 0 Å². The van der Waals surface area contributed by atoms with E-state index in [2.05, 4.69) is 41.4 Å². The molecule has 0 aliphatic carbocycles. The zero-order chi connectivity index (χ0) is 14.3. The molecule has 1 aromatic heterocycles. The Morgan fingerprint density at radius 2 is 1.95 bits per heavy atom. The molecule has 0 spiro atoms. The summed E-state index contributed by atoms with van der Waals surface area (Å²) in [5, 5.41) is 6.52. The average molecular weight is 266 g/mol. The van der Waals surface area contributed by atoms with E-state index in [9.17, 15) is 0 Å². The van der Waals surface area contributed by atoms with Gasteiger partial charge in [0, 0.05) is 26.6 Å². The van der Waals surface area contributed by atoms with Gasteiger partial charge in [-0.2, -0.15) is 0 Å². The molecule has 0 fully saturated rings. The molecule has 108 valence electrons. The van der Waals surface area contributed by atoms with Crippen LogP contribution >= 0.6 is 0 Å². The predicted octanol–water partition coefficient (Wildman–Crippen LogP) is 2.55. The highest BCUT2D eigenvalue weighted by molar-refractivity contribution is 5.47. The lowest BCUT2D eigenvalue weighted by molar-refractivity contribution is 0.171. The molecule has 0 radical (unpaired) electrons. The third-order valence-corrected chi connectivity index (χ3v) is 2.99. The Morgan fingerprint density at radius 3 is 2.47 bits per heavy atom. The zero-order valence-electron chi connectivity index (χ0n) is 12.7. The van der Waals surface area contributed by atoms with Crippen LogP contribution in [0.4, 0.5) is 11.6 Å². The minimum Gasteiger partial charge on any atom is -0.383 e. The fraction of sp³-hybridized carbons (Fsp3) is 0.714. The van der Waals surface area contributed by atoms with Crippen LogP contribution in [0.3, 0.4) is 0 Å². The Morgan fingerprint density at radius 1 is 1.26 bits per heavy atom. The highest BCUT2D eigenvalue weighted by atomic mass is 16.5. The molecule has 5 nitrogen and oxygen atoms in total. The van der Waals surface area contributed by atoms with Crippen molar-refractivity contribution in [3.8, 4) is 0 Å². The molecule has 1 rings (SSSR count). The van der Waals surface area contributed by atoms with Gasteiger partial charge < -0.3 is 15.4 Å². The van der Waals surface area contributed by atoms with E-state index in [1.807, 2.05) is 13.1 Å². The second-order valence-electron chi connectivity index (χ2n) is 5.00. The summed E-state index contributed by atoms with van der Waals surface area (Å²) in [5.41, 5.74) is 0. The van der Waals surface area contributed by atoms with Crippen molar-refractivity contribution in [2.45, 2.75) is 39.7 Å². The van der Waals surface area contributed by atoms with E-state index in [0.717, 1.165) is 30.3 Å². The summed E-state index contributed by atoms with van der Waals surface area (Å²) >= 11 is 0. The number of hydrogen-bond donors (Lipinski definition) is 2. The number of rotatable bonds is 8. The van der Waals surface area contributed by atoms with Crippen molar-refractivity contribution in [3.05, 3.63) is 11.9 Å². The van der Waals surface area contributed by atoms with Gasteiger partial charge in [0.15, 0.2) is 0 Å². The fourth-order valence-corrected chi connectivity index (χ4v) is 1.80. The van der Waals surface area contributed by atoms with Gasteiger partial charge in [-0.05, 0) is 12.3 Å². The predicted molar refractivity (Wildman–Crippen MR) is 79.7 cm³/mol. The number of ether oxygens (including phenoxy) is 1. The minimum absolute atomic E-state index is 0.249. The lowest BCUT2D eigenvalue weighted by Gasteiger charge is -2.22. The highest BCUT2D eigenvalue weighted by Gasteiger charge is 2.14. The Bertz CT molecular complexity index is 382. The van der Waals surface area contributed by atoms with E-state index in [1.54, 1.807) is 7.11 Å². The Kier molecular flexibility index (Phi) is 6.56. The highest BCUT2D eigenvalue weighted by Crippen LogP contribution is 2.15. The van der Waals surface area contributed by atoms with Gasteiger partial charge in [0.2, 0.25) is 0 Å². The molecule has 0 aliphatic rings. The monoisotopic (exact) mass is 266 g/mol. The van der Waals surface area contributed by atoms with Gasteiger partial charge in [0.1, 0.15) is 17.5 Å². The molecule has 2 N–H and O–H groups in total. The largest absolute Gasteiger partial charge is 0.383 e. The van der Waals surface area contributed by atoms with Gasteiger partial charge in [-0.1, -0.05) is 20.8 Å². The summed E-state index contributed by atoms with van der Waals surface area (Å²) in [7, 11) is 3.59. The van der Waals surface area contributed by atoms with Gasteiger partial charge in [-0.15, -0.1) is 0 Å². The lowest BCUT2D eigenvalue weighted by atomic mass is 10.1. The topological polar surface area (TPSA) is 59.1 Å². The molecule has 0 aliphatic heterocycles. The smallest absolute Gasteiger partial charge is 0.133 e. The zero-order valence-corrected chi connectivity index (χ0v) is 12.7. The molecule has 0 amide bonds. The summed E-state index contributed by atoms with van der Waals surface area (Å²) in [6.07, 6.45) is 1.93. The van der Waals surface area contributed by atoms with Crippen molar-refractivity contribution in [2.24, 2.45) is 5.92 Å². The Hall–Kier alpha value is -1.36. The molecule has 19 heavy (non-hydrogen) atoms. The maximum absolute atomic E-state index is 5.25. The number of aryl methyl sites for hydroxylation is 1. The van der Waals surface area contributed by atoms with Crippen LogP contribution in [0.2, 0.25) is 0 Å². The van der Waals surface area contributed by atoms with Crippen LogP contribution in [-0.4, -0.2) is 36.8 Å². The third kappa shape index (κ3) is 5.03. The minimum atomic E-state index is 0.249. The van der Waals surface area contributed by atoms with Crippen LogP contribution in [0.1, 0.15) is 33.0 Å². The maximum Gasteiger partial charge on any atom is 0.133 e. The molecule has 5 heteroatoms. The van der Waals surface area contributed by atoms with E-state index in [4.69, 9.17) is 4.74 Å². The molecule has 0 bridgehead atoms. The maximum atomic E-state index is 5.25. The first-order valence-electron chi connectivity index (χ1n) is 6.91. The van der Waals surface area contributed by atoms with Crippen molar-refractivity contribution in [1.82, 2.24) is 9.97 Å². The molecular weight excluding hydrogens is 240 g/mol. The number of anilines is 2. The van der Waals surface area contributed by atoms with Gasteiger partial charge in [-0.25, -0.2) is 9.97 Å². The summed E-state index contributed by atoms with van der Waals surface area (Å²) in [4.78, 5) is 9.00. The van der Waals surface area contributed by atoms with Gasteiger partial charge in [0.25, 0.3) is 0 Å². The van der Waals surface area contributed by atoms with Crippen molar-refractivity contribution >= 4 is 11.6 Å². The summed E-state index contributed by atoms with van der Waals surface area (Å²) in [6.45, 7) is 7.14. The van der Waals surface area contributed by atoms with Crippen molar-refractivity contribution < 1.29 is 4.74 Å². The van der Waals surface area contributed by atoms with E-state index in [1.165, 1.54) is 0 Å². The summed E-state index contributed by atoms with van der Waals surface area (Å²) in [6, 6.07) is 2.18. The molecule has 0 saturated heterocycles. The van der Waals surface area contributed by atoms with Gasteiger partial charge in [-0.3, -0.25) is 0 Å². The number of nitrogens with one attached hydrogen (secondary N) is 2. The summed E-state index contributed by atoms with van der Waals surface area (Å²) in [5.74, 6) is 3.05. The molecule has 1 unspecified atom stereocenters. The molecular formula is C14H26N4O. The fourth-order valence-electron chi connectivity index (χ4n) is 1.80. The van der Waals surface area contributed by atoms with Crippen LogP contribution in [0.5, 0.6) is 0 Å². The lowest BCUT2D eigenvalue weighted by Crippen LogP contribution is -2.31. The Balaban J connectivity index is 2.88. The number of nitrogens with zero attached hydrogens (tertiary/aromatic N) is 2.